The van der Waals surface area contributed by atoms with E-state index in [0.717, 1.165) is 89.9 Å². The van der Waals surface area contributed by atoms with Gasteiger partial charge in [-0.05, 0) is 96.3 Å². The summed E-state index contributed by atoms with van der Waals surface area (Å²) < 4.78 is 11.3. The molecule has 1 saturated heterocycles. The van der Waals surface area contributed by atoms with Crippen LogP contribution in [0.2, 0.25) is 0 Å². The predicted molar refractivity (Wildman–Crippen MR) is 350 cm³/mol. The Morgan fingerprint density at radius 1 is 0.427 bits per heavy atom. The molecule has 0 aromatic rings. The summed E-state index contributed by atoms with van der Waals surface area (Å²) in [5.74, 6) is -0.191. The van der Waals surface area contributed by atoms with Crippen molar-refractivity contribution in [2.24, 2.45) is 0 Å². The number of allylic oxidation sites excluding steroid dienone is 19. The predicted octanol–water partition coefficient (Wildman–Crippen LogP) is 18.2. The number of aliphatic hydroxyl groups is 5. The van der Waals surface area contributed by atoms with E-state index < -0.39 is 49.5 Å². The highest BCUT2D eigenvalue weighted by atomic mass is 16.7. The molecule has 82 heavy (non-hydrogen) atoms. The Labute approximate surface area is 503 Å². The third-order valence-electron chi connectivity index (χ3n) is 15.3. The molecule has 1 aliphatic rings. The van der Waals surface area contributed by atoms with Crippen molar-refractivity contribution in [3.63, 3.8) is 0 Å². The van der Waals surface area contributed by atoms with Crippen molar-refractivity contribution >= 4 is 5.91 Å². The van der Waals surface area contributed by atoms with E-state index in [1.807, 2.05) is 6.08 Å². The summed E-state index contributed by atoms with van der Waals surface area (Å²) in [6.07, 6.45) is 84.3. The minimum atomic E-state index is -1.58. The number of unbranched alkanes of at least 4 members (excludes halogenated alkanes) is 29. The van der Waals surface area contributed by atoms with Crippen molar-refractivity contribution in [2.45, 2.75) is 320 Å². The summed E-state index contributed by atoms with van der Waals surface area (Å²) in [7, 11) is 0. The number of aliphatic hydroxyl groups excluding tert-OH is 5. The van der Waals surface area contributed by atoms with Crippen LogP contribution in [0.1, 0.15) is 277 Å². The normalized spacial score (nSPS) is 19.1. The lowest BCUT2D eigenvalue weighted by atomic mass is 9.99. The van der Waals surface area contributed by atoms with E-state index in [1.54, 1.807) is 6.08 Å². The molecule has 1 fully saturated rings. The number of carbonyl (C=O) groups excluding carboxylic acids is 1. The fourth-order valence-corrected chi connectivity index (χ4v) is 10.0. The Hall–Kier alpha value is -3.41. The smallest absolute Gasteiger partial charge is 0.220 e. The van der Waals surface area contributed by atoms with E-state index in [4.69, 9.17) is 9.47 Å². The highest BCUT2D eigenvalue weighted by molar-refractivity contribution is 5.76. The summed E-state index contributed by atoms with van der Waals surface area (Å²) in [5.41, 5.74) is 0. The number of rotatable bonds is 57. The van der Waals surface area contributed by atoms with Gasteiger partial charge < -0.3 is 40.3 Å². The molecule has 1 amide bonds. The molecule has 0 aliphatic carbocycles. The van der Waals surface area contributed by atoms with E-state index >= 15 is 0 Å². The lowest BCUT2D eigenvalue weighted by Gasteiger charge is -2.40. The van der Waals surface area contributed by atoms with Crippen LogP contribution in [-0.4, -0.2) is 87.5 Å². The molecule has 1 heterocycles. The minimum Gasteiger partial charge on any atom is -0.394 e. The second kappa shape index (κ2) is 60.7. The quantitative estimate of drug-likeness (QED) is 0.0261. The topological polar surface area (TPSA) is 149 Å². The minimum absolute atomic E-state index is 0.191. The van der Waals surface area contributed by atoms with Crippen molar-refractivity contribution in [3.05, 3.63) is 122 Å². The average Bonchev–Trinajstić information content (AvgIpc) is 3.59. The van der Waals surface area contributed by atoms with Crippen LogP contribution in [-0.2, 0) is 14.3 Å². The van der Waals surface area contributed by atoms with Gasteiger partial charge in [0.1, 0.15) is 24.4 Å². The second-order valence-electron chi connectivity index (χ2n) is 22.9. The maximum atomic E-state index is 13.1. The standard InChI is InChI=1S/C73H125NO8/c1-3-5-7-9-11-13-15-17-19-21-23-25-27-28-29-30-31-32-33-34-35-36-37-38-39-40-41-43-45-47-49-51-53-55-57-59-61-63-69(77)74-66(65-81-73-72(80)71(79)70(78)68(64-75)82-73)67(76)62-60-58-56-54-52-50-48-46-44-42-26-24-22-20-18-16-14-12-10-8-6-4-2/h5,7,11,13,17,19,23,25,28-29,31-32,34-35,37-38,52,54,60,62,66-68,70-73,75-76,78-80H,3-4,6,8-10,12,14-16,18,20-22,24,26-27,30,33,36,39-51,53,55-59,61,63-65H2,1-2H3,(H,74,77)/b7-5-,13-11-,19-17-,25-23-,29-28-,32-31-,35-34-,38-37-,54-52+,62-60+. The van der Waals surface area contributed by atoms with Crippen molar-refractivity contribution < 1.29 is 39.8 Å². The molecule has 1 rings (SSSR count). The van der Waals surface area contributed by atoms with Crippen LogP contribution in [0.5, 0.6) is 0 Å². The summed E-state index contributed by atoms with van der Waals surface area (Å²) >= 11 is 0. The van der Waals surface area contributed by atoms with Gasteiger partial charge in [0, 0.05) is 6.42 Å². The van der Waals surface area contributed by atoms with E-state index in [-0.39, 0.29) is 12.5 Å². The number of hydrogen-bond donors (Lipinski definition) is 6. The summed E-state index contributed by atoms with van der Waals surface area (Å²) in [6, 6.07) is -0.831. The number of carbonyl (C=O) groups is 1. The van der Waals surface area contributed by atoms with Crippen molar-refractivity contribution in [2.75, 3.05) is 13.2 Å². The van der Waals surface area contributed by atoms with Gasteiger partial charge in [-0.15, -0.1) is 0 Å². The van der Waals surface area contributed by atoms with Crippen molar-refractivity contribution in [1.82, 2.24) is 5.32 Å². The zero-order valence-corrected chi connectivity index (χ0v) is 52.5. The Morgan fingerprint density at radius 2 is 0.768 bits per heavy atom. The molecule has 9 heteroatoms. The molecule has 7 unspecified atom stereocenters. The Kier molecular flexibility index (Phi) is 56.7. The summed E-state index contributed by atoms with van der Waals surface area (Å²) in [4.78, 5) is 13.1. The molecule has 7 atom stereocenters. The van der Waals surface area contributed by atoms with Crippen LogP contribution in [0.15, 0.2) is 122 Å². The maximum Gasteiger partial charge on any atom is 0.220 e. The van der Waals surface area contributed by atoms with Crippen LogP contribution in [0.3, 0.4) is 0 Å². The van der Waals surface area contributed by atoms with Crippen LogP contribution >= 0.6 is 0 Å². The van der Waals surface area contributed by atoms with E-state index in [9.17, 15) is 30.3 Å². The van der Waals surface area contributed by atoms with E-state index in [0.29, 0.717) is 6.42 Å². The van der Waals surface area contributed by atoms with Gasteiger partial charge in [0.15, 0.2) is 6.29 Å². The van der Waals surface area contributed by atoms with Crippen molar-refractivity contribution in [3.8, 4) is 0 Å². The fraction of sp³-hybridized carbons (Fsp3) is 0.712. The van der Waals surface area contributed by atoms with Crippen LogP contribution in [0, 0.1) is 0 Å². The van der Waals surface area contributed by atoms with Gasteiger partial charge in [0.2, 0.25) is 5.91 Å². The lowest BCUT2D eigenvalue weighted by Crippen LogP contribution is -2.60. The zero-order chi connectivity index (χ0) is 59.3. The fourth-order valence-electron chi connectivity index (χ4n) is 10.0. The second-order valence-corrected chi connectivity index (χ2v) is 22.9. The monoisotopic (exact) mass is 1140 g/mol. The number of hydrogen-bond acceptors (Lipinski definition) is 8. The molecule has 0 aromatic heterocycles. The first-order valence-electron chi connectivity index (χ1n) is 33.8. The summed E-state index contributed by atoms with van der Waals surface area (Å²) in [5, 5.41) is 54.7. The molecule has 0 saturated carbocycles. The van der Waals surface area contributed by atoms with Crippen LogP contribution < -0.4 is 5.32 Å². The maximum absolute atomic E-state index is 13.1. The molecule has 0 aromatic carbocycles. The molecular formula is C73H125NO8. The molecular weight excluding hydrogens is 1020 g/mol. The molecule has 470 valence electrons. The van der Waals surface area contributed by atoms with Gasteiger partial charge in [0.25, 0.3) is 0 Å². The molecule has 9 nitrogen and oxygen atoms in total. The van der Waals surface area contributed by atoms with Crippen LogP contribution in [0.4, 0.5) is 0 Å². The van der Waals surface area contributed by atoms with Gasteiger partial charge >= 0.3 is 0 Å². The highest BCUT2D eigenvalue weighted by Gasteiger charge is 2.44. The number of amides is 1. The molecule has 0 bridgehead atoms. The first-order valence-corrected chi connectivity index (χ1v) is 33.8. The zero-order valence-electron chi connectivity index (χ0n) is 52.5. The lowest BCUT2D eigenvalue weighted by molar-refractivity contribution is -0.302. The summed E-state index contributed by atoms with van der Waals surface area (Å²) in [6.45, 7) is 3.66. The first kappa shape index (κ1) is 76.6. The van der Waals surface area contributed by atoms with Gasteiger partial charge in [-0.3, -0.25) is 4.79 Å². The highest BCUT2D eigenvalue weighted by Crippen LogP contribution is 2.23. The molecule has 1 aliphatic heterocycles. The van der Waals surface area contributed by atoms with Gasteiger partial charge in [-0.2, -0.15) is 0 Å². The van der Waals surface area contributed by atoms with E-state index in [1.165, 1.54) is 167 Å². The first-order chi connectivity index (χ1) is 40.3. The SMILES string of the molecule is CC/C=C\C/C=C\C/C=C\C/C=C\C/C=C\C/C=C\C/C=C\C/C=C\CCCCCCCCCCCCCCC(=O)NC(COC1OC(CO)C(O)C(O)C1O)C(O)/C=C/CC/C=C/CCCCCCCCCCCCCCCCCC. The third-order valence-corrected chi connectivity index (χ3v) is 15.3. The van der Waals surface area contributed by atoms with E-state index in [2.05, 4.69) is 129 Å². The van der Waals surface area contributed by atoms with Gasteiger partial charge in [0.05, 0.1) is 25.4 Å². The molecule has 0 spiro atoms. The van der Waals surface area contributed by atoms with Gasteiger partial charge in [-0.25, -0.2) is 0 Å². The van der Waals surface area contributed by atoms with Gasteiger partial charge in [-0.1, -0.05) is 296 Å². The number of ether oxygens (including phenoxy) is 2. The largest absolute Gasteiger partial charge is 0.394 e. The Morgan fingerprint density at radius 3 is 1.17 bits per heavy atom. The van der Waals surface area contributed by atoms with Crippen LogP contribution in [0.25, 0.3) is 0 Å². The third kappa shape index (κ3) is 48.9. The van der Waals surface area contributed by atoms with Crippen molar-refractivity contribution in [1.29, 1.82) is 0 Å². The molecule has 0 radical (unpaired) electrons. The Balaban J connectivity index is 2.17. The average molecular weight is 1140 g/mol. The number of nitrogens with one attached hydrogen (secondary N) is 1. The Bertz CT molecular complexity index is 1710. The molecule has 6 N–H and O–H groups in total.